The molecule has 0 aliphatic carbocycles. The highest BCUT2D eigenvalue weighted by Gasteiger charge is 2.11. The first-order valence-electron chi connectivity index (χ1n) is 7.14. The SMILES string of the molecule is CCC(C)Sc1ccccc1CC(=S)N(CC)CC. The molecule has 0 saturated heterocycles. The number of hydrogen-bond acceptors (Lipinski definition) is 2. The van der Waals surface area contributed by atoms with E-state index in [0.29, 0.717) is 5.25 Å². The molecule has 1 aromatic carbocycles. The van der Waals surface area contributed by atoms with Crippen LogP contribution in [0.25, 0.3) is 0 Å². The van der Waals surface area contributed by atoms with E-state index in [1.165, 1.54) is 16.9 Å². The Morgan fingerprint density at radius 2 is 1.84 bits per heavy atom. The van der Waals surface area contributed by atoms with Crippen molar-refractivity contribution in [2.75, 3.05) is 13.1 Å². The van der Waals surface area contributed by atoms with E-state index >= 15 is 0 Å². The molecule has 0 saturated carbocycles. The lowest BCUT2D eigenvalue weighted by Gasteiger charge is -2.22. The lowest BCUT2D eigenvalue weighted by atomic mass is 10.1. The number of thiocarbonyl (C=S) groups is 1. The molecule has 1 rings (SSSR count). The molecule has 0 aliphatic rings. The highest BCUT2D eigenvalue weighted by Crippen LogP contribution is 2.28. The minimum absolute atomic E-state index is 0.656. The fourth-order valence-electron chi connectivity index (χ4n) is 1.92. The summed E-state index contributed by atoms with van der Waals surface area (Å²) in [7, 11) is 0. The summed E-state index contributed by atoms with van der Waals surface area (Å²) < 4.78 is 0. The Morgan fingerprint density at radius 3 is 2.42 bits per heavy atom. The Kier molecular flexibility index (Phi) is 7.47. The molecule has 1 aromatic rings. The largest absolute Gasteiger partial charge is 0.366 e. The van der Waals surface area contributed by atoms with Crippen molar-refractivity contribution < 1.29 is 0 Å². The fraction of sp³-hybridized carbons (Fsp3) is 0.562. The molecule has 0 N–H and O–H groups in total. The van der Waals surface area contributed by atoms with Gasteiger partial charge >= 0.3 is 0 Å². The summed E-state index contributed by atoms with van der Waals surface area (Å²) in [5, 5.41) is 0.656. The van der Waals surface area contributed by atoms with Gasteiger partial charge in [-0.25, -0.2) is 0 Å². The smallest absolute Gasteiger partial charge is 0.0823 e. The maximum atomic E-state index is 5.57. The molecule has 0 heterocycles. The quantitative estimate of drug-likeness (QED) is 0.526. The van der Waals surface area contributed by atoms with Gasteiger partial charge in [-0.3, -0.25) is 0 Å². The van der Waals surface area contributed by atoms with Gasteiger partial charge in [0.05, 0.1) is 4.99 Å². The zero-order chi connectivity index (χ0) is 14.3. The van der Waals surface area contributed by atoms with Crippen LogP contribution in [0.15, 0.2) is 29.2 Å². The topological polar surface area (TPSA) is 3.24 Å². The van der Waals surface area contributed by atoms with E-state index in [1.807, 2.05) is 11.8 Å². The minimum Gasteiger partial charge on any atom is -0.366 e. The summed E-state index contributed by atoms with van der Waals surface area (Å²) >= 11 is 7.53. The predicted octanol–water partition coefficient (Wildman–Crippen LogP) is 4.79. The number of benzene rings is 1. The molecule has 106 valence electrons. The second-order valence-corrected chi connectivity index (χ2v) is 6.64. The Balaban J connectivity index is 2.80. The predicted molar refractivity (Wildman–Crippen MR) is 91.3 cm³/mol. The van der Waals surface area contributed by atoms with Crippen LogP contribution in [0.4, 0.5) is 0 Å². The van der Waals surface area contributed by atoms with Gasteiger partial charge in [-0.15, -0.1) is 11.8 Å². The van der Waals surface area contributed by atoms with Crippen molar-refractivity contribution in [2.24, 2.45) is 0 Å². The second kappa shape index (κ2) is 8.60. The molecular weight excluding hydrogens is 270 g/mol. The van der Waals surface area contributed by atoms with Gasteiger partial charge in [0.2, 0.25) is 0 Å². The number of nitrogens with zero attached hydrogens (tertiary/aromatic N) is 1. The van der Waals surface area contributed by atoms with E-state index in [2.05, 4.69) is 56.9 Å². The van der Waals surface area contributed by atoms with Crippen LogP contribution in [0, 0.1) is 0 Å². The van der Waals surface area contributed by atoms with Crippen LogP contribution < -0.4 is 0 Å². The van der Waals surface area contributed by atoms with Gasteiger partial charge < -0.3 is 4.90 Å². The van der Waals surface area contributed by atoms with E-state index in [4.69, 9.17) is 12.2 Å². The van der Waals surface area contributed by atoms with Crippen molar-refractivity contribution in [2.45, 2.75) is 50.7 Å². The Bertz CT molecular complexity index is 399. The lowest BCUT2D eigenvalue weighted by molar-refractivity contribution is 0.467. The van der Waals surface area contributed by atoms with Crippen LogP contribution in [-0.4, -0.2) is 28.2 Å². The standard InChI is InChI=1S/C16H25NS2/c1-5-13(4)19-15-11-9-8-10-14(15)12-16(18)17(6-2)7-3/h8-11,13H,5-7,12H2,1-4H3. The zero-order valence-electron chi connectivity index (χ0n) is 12.5. The normalized spacial score (nSPS) is 12.2. The third-order valence-corrected chi connectivity index (χ3v) is 5.12. The van der Waals surface area contributed by atoms with Crippen LogP contribution >= 0.6 is 24.0 Å². The third kappa shape index (κ3) is 5.15. The van der Waals surface area contributed by atoms with E-state index < -0.39 is 0 Å². The van der Waals surface area contributed by atoms with Crippen molar-refractivity contribution in [1.29, 1.82) is 0 Å². The van der Waals surface area contributed by atoms with Crippen molar-refractivity contribution in [3.63, 3.8) is 0 Å². The van der Waals surface area contributed by atoms with E-state index in [9.17, 15) is 0 Å². The highest BCUT2D eigenvalue weighted by atomic mass is 32.2. The van der Waals surface area contributed by atoms with E-state index in [-0.39, 0.29) is 0 Å². The molecule has 0 fully saturated rings. The summed E-state index contributed by atoms with van der Waals surface area (Å²) in [6.07, 6.45) is 2.08. The van der Waals surface area contributed by atoms with Gasteiger partial charge in [-0.05, 0) is 31.9 Å². The first-order chi connectivity index (χ1) is 9.12. The van der Waals surface area contributed by atoms with Crippen LogP contribution in [0.1, 0.15) is 39.7 Å². The van der Waals surface area contributed by atoms with Crippen LogP contribution in [0.3, 0.4) is 0 Å². The lowest BCUT2D eigenvalue weighted by Crippen LogP contribution is -2.30. The van der Waals surface area contributed by atoms with Crippen LogP contribution in [-0.2, 0) is 6.42 Å². The first-order valence-corrected chi connectivity index (χ1v) is 8.43. The molecule has 0 bridgehead atoms. The molecule has 0 aliphatic heterocycles. The molecule has 0 amide bonds. The number of rotatable bonds is 7. The van der Waals surface area contributed by atoms with Crippen molar-refractivity contribution in [3.05, 3.63) is 29.8 Å². The third-order valence-electron chi connectivity index (χ3n) is 3.33. The number of likely N-dealkylation sites (N-methyl/N-ethyl adjacent to an activating group) is 1. The van der Waals surface area contributed by atoms with E-state index in [0.717, 1.165) is 24.5 Å². The van der Waals surface area contributed by atoms with Gasteiger partial charge in [0, 0.05) is 29.7 Å². The zero-order valence-corrected chi connectivity index (χ0v) is 14.1. The first kappa shape index (κ1) is 16.5. The molecular formula is C16H25NS2. The average Bonchev–Trinajstić information content (AvgIpc) is 2.42. The second-order valence-electron chi connectivity index (χ2n) is 4.69. The van der Waals surface area contributed by atoms with Crippen molar-refractivity contribution >= 4 is 29.0 Å². The van der Waals surface area contributed by atoms with Crippen LogP contribution in [0.2, 0.25) is 0 Å². The van der Waals surface area contributed by atoms with Crippen molar-refractivity contribution in [3.8, 4) is 0 Å². The van der Waals surface area contributed by atoms with Crippen molar-refractivity contribution in [1.82, 2.24) is 4.90 Å². The molecule has 3 heteroatoms. The maximum Gasteiger partial charge on any atom is 0.0823 e. The summed E-state index contributed by atoms with van der Waals surface area (Å²) in [6, 6.07) is 8.66. The molecule has 19 heavy (non-hydrogen) atoms. The van der Waals surface area contributed by atoms with Gasteiger partial charge in [-0.2, -0.15) is 0 Å². The highest BCUT2D eigenvalue weighted by molar-refractivity contribution is 8.00. The molecule has 0 spiro atoms. The molecule has 1 unspecified atom stereocenters. The Labute approximate surface area is 127 Å². The van der Waals surface area contributed by atoms with Gasteiger partial charge in [0.25, 0.3) is 0 Å². The molecule has 0 radical (unpaired) electrons. The fourth-order valence-corrected chi connectivity index (χ4v) is 3.38. The molecule has 1 nitrogen and oxygen atoms in total. The number of thioether (sulfide) groups is 1. The molecule has 0 aromatic heterocycles. The van der Waals surface area contributed by atoms with Gasteiger partial charge in [0.15, 0.2) is 0 Å². The Morgan fingerprint density at radius 1 is 1.21 bits per heavy atom. The van der Waals surface area contributed by atoms with Gasteiger partial charge in [0.1, 0.15) is 0 Å². The average molecular weight is 296 g/mol. The summed E-state index contributed by atoms with van der Waals surface area (Å²) in [4.78, 5) is 4.70. The van der Waals surface area contributed by atoms with Crippen LogP contribution in [0.5, 0.6) is 0 Å². The number of hydrogen-bond donors (Lipinski definition) is 0. The van der Waals surface area contributed by atoms with E-state index in [1.54, 1.807) is 0 Å². The monoisotopic (exact) mass is 295 g/mol. The summed E-state index contributed by atoms with van der Waals surface area (Å²) in [5.41, 5.74) is 1.37. The summed E-state index contributed by atoms with van der Waals surface area (Å²) in [5.74, 6) is 0. The molecule has 1 atom stereocenters. The summed E-state index contributed by atoms with van der Waals surface area (Å²) in [6.45, 7) is 10.8. The van der Waals surface area contributed by atoms with Gasteiger partial charge in [-0.1, -0.05) is 44.3 Å². The maximum absolute atomic E-state index is 5.57. The minimum atomic E-state index is 0.656. The Hall–Kier alpha value is -0.540.